The highest BCUT2D eigenvalue weighted by atomic mass is 32.2. The molecule has 7 nitrogen and oxygen atoms in total. The fraction of sp³-hybridized carbons (Fsp3) is 0.769. The van der Waals surface area contributed by atoms with E-state index >= 15 is 0 Å². The molecular formula is C13H24N4O3S. The molecule has 0 amide bonds. The number of hydrogen-bond acceptors (Lipinski definition) is 5. The van der Waals surface area contributed by atoms with E-state index in [1.54, 1.807) is 13.2 Å². The fourth-order valence-electron chi connectivity index (χ4n) is 2.51. The molecule has 2 N–H and O–H groups in total. The Balaban J connectivity index is 2.13. The first-order valence-corrected chi connectivity index (χ1v) is 8.82. The van der Waals surface area contributed by atoms with Crippen molar-refractivity contribution in [2.24, 2.45) is 0 Å². The molecule has 0 aliphatic carbocycles. The Morgan fingerprint density at radius 1 is 1.57 bits per heavy atom. The lowest BCUT2D eigenvalue weighted by atomic mass is 10.1. The van der Waals surface area contributed by atoms with Crippen LogP contribution in [-0.4, -0.2) is 55.8 Å². The topological polar surface area (TPSA) is 87.3 Å². The van der Waals surface area contributed by atoms with Crippen LogP contribution < -0.4 is 5.32 Å². The molecule has 1 atom stereocenters. The van der Waals surface area contributed by atoms with Gasteiger partial charge in [0, 0.05) is 31.8 Å². The SMILES string of the molecule is CCCOC1CCCN(S(=O)(=O)c2[nH]ncc2CNC)C1. The quantitative estimate of drug-likeness (QED) is 0.773. The Morgan fingerprint density at radius 3 is 3.10 bits per heavy atom. The van der Waals surface area contributed by atoms with E-state index in [1.165, 1.54) is 4.31 Å². The van der Waals surface area contributed by atoms with Crippen molar-refractivity contribution in [3.63, 3.8) is 0 Å². The van der Waals surface area contributed by atoms with Gasteiger partial charge in [0.1, 0.15) is 0 Å². The van der Waals surface area contributed by atoms with E-state index < -0.39 is 10.0 Å². The molecule has 1 aliphatic heterocycles. The fourth-order valence-corrected chi connectivity index (χ4v) is 4.13. The van der Waals surface area contributed by atoms with Gasteiger partial charge < -0.3 is 10.1 Å². The molecule has 0 spiro atoms. The first-order chi connectivity index (χ1) is 10.1. The van der Waals surface area contributed by atoms with Crippen molar-refractivity contribution in [2.75, 3.05) is 26.7 Å². The normalized spacial score (nSPS) is 20.8. The molecule has 1 aliphatic rings. The molecule has 21 heavy (non-hydrogen) atoms. The summed E-state index contributed by atoms with van der Waals surface area (Å²) < 4.78 is 32.7. The van der Waals surface area contributed by atoms with Gasteiger partial charge in [0.15, 0.2) is 5.03 Å². The molecule has 8 heteroatoms. The van der Waals surface area contributed by atoms with E-state index in [0.717, 1.165) is 19.3 Å². The standard InChI is InChI=1S/C13H24N4O3S/c1-3-7-20-12-5-4-6-17(10-12)21(18,19)13-11(8-14-2)9-15-16-13/h9,12,14H,3-8,10H2,1-2H3,(H,15,16). The summed E-state index contributed by atoms with van der Waals surface area (Å²) in [5, 5.41) is 9.64. The van der Waals surface area contributed by atoms with Crippen molar-refractivity contribution in [2.45, 2.75) is 43.9 Å². The van der Waals surface area contributed by atoms with E-state index in [1.807, 2.05) is 6.92 Å². The summed E-state index contributed by atoms with van der Waals surface area (Å²) in [6.45, 7) is 4.14. The van der Waals surface area contributed by atoms with E-state index in [-0.39, 0.29) is 11.1 Å². The van der Waals surface area contributed by atoms with Crippen LogP contribution in [0.15, 0.2) is 11.2 Å². The number of rotatable bonds is 7. The van der Waals surface area contributed by atoms with Gasteiger partial charge in [-0.05, 0) is 26.3 Å². The van der Waals surface area contributed by atoms with Crippen LogP contribution in [0.3, 0.4) is 0 Å². The minimum Gasteiger partial charge on any atom is -0.377 e. The predicted molar refractivity (Wildman–Crippen MR) is 79.4 cm³/mol. The molecule has 0 radical (unpaired) electrons. The molecule has 2 heterocycles. The molecule has 1 aromatic rings. The average Bonchev–Trinajstić information content (AvgIpc) is 2.95. The second-order valence-corrected chi connectivity index (χ2v) is 7.13. The van der Waals surface area contributed by atoms with Crippen molar-refractivity contribution >= 4 is 10.0 Å². The van der Waals surface area contributed by atoms with E-state index in [2.05, 4.69) is 15.5 Å². The van der Waals surface area contributed by atoms with Gasteiger partial charge in [-0.3, -0.25) is 5.10 Å². The number of H-pyrrole nitrogens is 1. The molecule has 2 rings (SSSR count). The third-order valence-corrected chi connectivity index (χ3v) is 5.42. The van der Waals surface area contributed by atoms with Gasteiger partial charge in [0.25, 0.3) is 10.0 Å². The van der Waals surface area contributed by atoms with Gasteiger partial charge in [0.2, 0.25) is 0 Å². The maximum absolute atomic E-state index is 12.7. The van der Waals surface area contributed by atoms with Crippen molar-refractivity contribution in [3.8, 4) is 0 Å². The number of nitrogens with zero attached hydrogens (tertiary/aromatic N) is 2. The number of sulfonamides is 1. The zero-order valence-corrected chi connectivity index (χ0v) is 13.4. The molecule has 1 aromatic heterocycles. The summed E-state index contributed by atoms with van der Waals surface area (Å²) in [7, 11) is -1.76. The summed E-state index contributed by atoms with van der Waals surface area (Å²) in [6, 6.07) is 0. The lowest BCUT2D eigenvalue weighted by molar-refractivity contribution is 0.0193. The van der Waals surface area contributed by atoms with Crippen LogP contribution in [0.1, 0.15) is 31.7 Å². The number of aromatic nitrogens is 2. The Kier molecular flexibility index (Phi) is 5.74. The molecule has 1 fully saturated rings. The maximum Gasteiger partial charge on any atom is 0.260 e. The predicted octanol–water partition coefficient (Wildman–Crippen LogP) is 0.709. The Labute approximate surface area is 126 Å². The van der Waals surface area contributed by atoms with Gasteiger partial charge >= 0.3 is 0 Å². The van der Waals surface area contributed by atoms with Crippen LogP contribution in [0.25, 0.3) is 0 Å². The van der Waals surface area contributed by atoms with Gasteiger partial charge in [0.05, 0.1) is 12.3 Å². The lowest BCUT2D eigenvalue weighted by Crippen LogP contribution is -2.43. The second kappa shape index (κ2) is 7.35. The van der Waals surface area contributed by atoms with E-state index in [0.29, 0.717) is 31.8 Å². The minimum absolute atomic E-state index is 0.0100. The molecular weight excluding hydrogens is 292 g/mol. The summed E-state index contributed by atoms with van der Waals surface area (Å²) in [5.74, 6) is 0. The number of aromatic amines is 1. The van der Waals surface area contributed by atoms with Gasteiger partial charge in [-0.1, -0.05) is 6.92 Å². The molecule has 1 unspecified atom stereocenters. The summed E-state index contributed by atoms with van der Waals surface area (Å²) in [5.41, 5.74) is 0.661. The lowest BCUT2D eigenvalue weighted by Gasteiger charge is -2.31. The zero-order chi connectivity index (χ0) is 15.3. The highest BCUT2D eigenvalue weighted by Gasteiger charge is 2.33. The summed E-state index contributed by atoms with van der Waals surface area (Å²) >= 11 is 0. The van der Waals surface area contributed by atoms with Crippen molar-refractivity contribution in [1.82, 2.24) is 19.8 Å². The second-order valence-electron chi connectivity index (χ2n) is 5.25. The van der Waals surface area contributed by atoms with Crippen LogP contribution in [-0.2, 0) is 21.3 Å². The van der Waals surface area contributed by atoms with Crippen molar-refractivity contribution < 1.29 is 13.2 Å². The smallest absolute Gasteiger partial charge is 0.260 e. The Morgan fingerprint density at radius 2 is 2.38 bits per heavy atom. The highest BCUT2D eigenvalue weighted by molar-refractivity contribution is 7.89. The van der Waals surface area contributed by atoms with Crippen LogP contribution in [0, 0.1) is 0 Å². The van der Waals surface area contributed by atoms with Crippen molar-refractivity contribution in [3.05, 3.63) is 11.8 Å². The molecule has 1 saturated heterocycles. The number of ether oxygens (including phenoxy) is 1. The van der Waals surface area contributed by atoms with Gasteiger partial charge in [-0.15, -0.1) is 0 Å². The van der Waals surface area contributed by atoms with Crippen LogP contribution in [0.4, 0.5) is 0 Å². The van der Waals surface area contributed by atoms with Crippen LogP contribution in [0.5, 0.6) is 0 Å². The molecule has 0 aromatic carbocycles. The number of piperidine rings is 1. The first-order valence-electron chi connectivity index (χ1n) is 7.38. The van der Waals surface area contributed by atoms with Gasteiger partial charge in [-0.2, -0.15) is 9.40 Å². The van der Waals surface area contributed by atoms with Gasteiger partial charge in [-0.25, -0.2) is 8.42 Å². The van der Waals surface area contributed by atoms with Crippen LogP contribution >= 0.6 is 0 Å². The third kappa shape index (κ3) is 3.82. The van der Waals surface area contributed by atoms with Crippen molar-refractivity contribution in [1.29, 1.82) is 0 Å². The molecule has 0 bridgehead atoms. The maximum atomic E-state index is 12.7. The highest BCUT2D eigenvalue weighted by Crippen LogP contribution is 2.23. The largest absolute Gasteiger partial charge is 0.377 e. The summed E-state index contributed by atoms with van der Waals surface area (Å²) in [6.07, 6.45) is 4.22. The number of nitrogens with one attached hydrogen (secondary N) is 2. The Hall–Kier alpha value is -0.960. The Bertz CT molecular complexity index is 543. The number of hydrogen-bond donors (Lipinski definition) is 2. The van der Waals surface area contributed by atoms with E-state index in [9.17, 15) is 8.42 Å². The van der Waals surface area contributed by atoms with E-state index in [4.69, 9.17) is 4.74 Å². The van der Waals surface area contributed by atoms with Crippen LogP contribution in [0.2, 0.25) is 0 Å². The first kappa shape index (κ1) is 16.4. The minimum atomic E-state index is -3.53. The molecule has 0 saturated carbocycles. The zero-order valence-electron chi connectivity index (χ0n) is 12.6. The average molecular weight is 316 g/mol. The monoisotopic (exact) mass is 316 g/mol. The molecule has 120 valence electrons. The third-order valence-electron chi connectivity index (χ3n) is 3.54. The summed E-state index contributed by atoms with van der Waals surface area (Å²) in [4.78, 5) is 0.